The highest BCUT2D eigenvalue weighted by Crippen LogP contribution is 2.27. The molecule has 2 aromatic carbocycles. The van der Waals surface area contributed by atoms with Gasteiger partial charge in [0.2, 0.25) is 0 Å². The van der Waals surface area contributed by atoms with Gasteiger partial charge in [-0.2, -0.15) is 0 Å². The Morgan fingerprint density at radius 1 is 1.21 bits per heavy atom. The van der Waals surface area contributed by atoms with Crippen LogP contribution in [0.2, 0.25) is 0 Å². The van der Waals surface area contributed by atoms with Gasteiger partial charge in [-0.3, -0.25) is 11.3 Å². The molecule has 0 aliphatic rings. The molecular weight excluding hydrogens is 309 g/mol. The van der Waals surface area contributed by atoms with Gasteiger partial charge < -0.3 is 5.73 Å². The highest BCUT2D eigenvalue weighted by molar-refractivity contribution is 9.10. The van der Waals surface area contributed by atoms with Crippen molar-refractivity contribution in [1.29, 1.82) is 0 Å². The number of hydrogen-bond acceptors (Lipinski definition) is 3. The average molecular weight is 324 g/mol. The zero-order valence-corrected chi connectivity index (χ0v) is 11.8. The van der Waals surface area contributed by atoms with Crippen LogP contribution in [-0.4, -0.2) is 0 Å². The Kier molecular flexibility index (Phi) is 4.52. The fourth-order valence-electron chi connectivity index (χ4n) is 2.01. The molecule has 5 N–H and O–H groups in total. The number of benzene rings is 2. The third-order valence-corrected chi connectivity index (χ3v) is 3.78. The Morgan fingerprint density at radius 2 is 1.95 bits per heavy atom. The molecule has 0 fully saturated rings. The summed E-state index contributed by atoms with van der Waals surface area (Å²) < 4.78 is 14.1. The molecule has 100 valence electrons. The normalized spacial score (nSPS) is 12.4. The van der Waals surface area contributed by atoms with Gasteiger partial charge in [0.05, 0.1) is 6.04 Å². The summed E-state index contributed by atoms with van der Waals surface area (Å²) in [5, 5.41) is 0. The van der Waals surface area contributed by atoms with Gasteiger partial charge in [0.15, 0.2) is 0 Å². The number of rotatable bonds is 4. The van der Waals surface area contributed by atoms with Gasteiger partial charge >= 0.3 is 0 Å². The lowest BCUT2D eigenvalue weighted by Crippen LogP contribution is -2.30. The Balaban J connectivity index is 2.29. The molecule has 19 heavy (non-hydrogen) atoms. The fourth-order valence-corrected chi connectivity index (χ4v) is 2.42. The van der Waals surface area contributed by atoms with Gasteiger partial charge in [-0.1, -0.05) is 34.1 Å². The van der Waals surface area contributed by atoms with E-state index in [-0.39, 0.29) is 11.9 Å². The highest BCUT2D eigenvalue weighted by Gasteiger charge is 2.15. The first-order valence-corrected chi connectivity index (χ1v) is 6.65. The first-order chi connectivity index (χ1) is 9.11. The predicted octanol–water partition coefficient (Wildman–Crippen LogP) is 2.92. The SMILES string of the molecule is NNC(Cc1cc(F)ccc1Br)c1ccccc1N. The maximum absolute atomic E-state index is 13.3. The minimum absolute atomic E-state index is 0.167. The lowest BCUT2D eigenvalue weighted by atomic mass is 9.98. The monoisotopic (exact) mass is 323 g/mol. The Labute approximate surface area is 119 Å². The van der Waals surface area contributed by atoms with Gasteiger partial charge in [0.1, 0.15) is 5.82 Å². The first kappa shape index (κ1) is 14.0. The molecule has 0 aliphatic carbocycles. The zero-order chi connectivity index (χ0) is 13.8. The molecule has 5 heteroatoms. The maximum Gasteiger partial charge on any atom is 0.123 e. The second-order valence-electron chi connectivity index (χ2n) is 4.29. The standard InChI is InChI=1S/C14H15BrFN3/c15-12-6-5-10(16)7-9(12)8-14(19-18)11-3-1-2-4-13(11)17/h1-7,14,19H,8,17-18H2. The molecule has 1 atom stereocenters. The third kappa shape index (κ3) is 3.32. The summed E-state index contributed by atoms with van der Waals surface area (Å²) >= 11 is 3.41. The van der Waals surface area contributed by atoms with E-state index in [1.54, 1.807) is 6.07 Å². The van der Waals surface area contributed by atoms with Gasteiger partial charge in [-0.15, -0.1) is 0 Å². The van der Waals surface area contributed by atoms with E-state index in [1.807, 2.05) is 24.3 Å². The molecule has 0 heterocycles. The van der Waals surface area contributed by atoms with E-state index in [9.17, 15) is 4.39 Å². The molecule has 0 spiro atoms. The molecule has 0 saturated heterocycles. The quantitative estimate of drug-likeness (QED) is 0.460. The van der Waals surface area contributed by atoms with Crippen LogP contribution in [0.25, 0.3) is 0 Å². The summed E-state index contributed by atoms with van der Waals surface area (Å²) in [5.41, 5.74) is 11.1. The second-order valence-corrected chi connectivity index (χ2v) is 5.14. The summed E-state index contributed by atoms with van der Waals surface area (Å²) in [7, 11) is 0. The lowest BCUT2D eigenvalue weighted by molar-refractivity contribution is 0.549. The summed E-state index contributed by atoms with van der Waals surface area (Å²) in [4.78, 5) is 0. The number of nitrogen functional groups attached to an aromatic ring is 1. The van der Waals surface area contributed by atoms with Crippen LogP contribution >= 0.6 is 15.9 Å². The van der Waals surface area contributed by atoms with Crippen LogP contribution in [0.15, 0.2) is 46.9 Å². The number of nitrogens with one attached hydrogen (secondary N) is 1. The molecule has 3 nitrogen and oxygen atoms in total. The molecule has 0 aliphatic heterocycles. The van der Waals surface area contributed by atoms with E-state index in [1.165, 1.54) is 12.1 Å². The van der Waals surface area contributed by atoms with Crippen molar-refractivity contribution in [2.75, 3.05) is 5.73 Å². The smallest absolute Gasteiger partial charge is 0.123 e. The van der Waals surface area contributed by atoms with Crippen molar-refractivity contribution in [3.05, 3.63) is 63.9 Å². The van der Waals surface area contributed by atoms with E-state index < -0.39 is 0 Å². The summed E-state index contributed by atoms with van der Waals surface area (Å²) in [5.74, 6) is 5.33. The van der Waals surface area contributed by atoms with E-state index in [0.29, 0.717) is 12.1 Å². The van der Waals surface area contributed by atoms with Crippen LogP contribution in [-0.2, 0) is 6.42 Å². The zero-order valence-electron chi connectivity index (χ0n) is 10.2. The van der Waals surface area contributed by atoms with Crippen molar-refractivity contribution in [3.63, 3.8) is 0 Å². The van der Waals surface area contributed by atoms with Crippen molar-refractivity contribution in [2.45, 2.75) is 12.5 Å². The molecule has 0 radical (unpaired) electrons. The van der Waals surface area contributed by atoms with Crippen molar-refractivity contribution in [2.24, 2.45) is 5.84 Å². The van der Waals surface area contributed by atoms with Gasteiger partial charge in [-0.05, 0) is 41.8 Å². The fraction of sp³-hybridized carbons (Fsp3) is 0.143. The van der Waals surface area contributed by atoms with Crippen LogP contribution in [0.3, 0.4) is 0 Å². The van der Waals surface area contributed by atoms with Crippen molar-refractivity contribution >= 4 is 21.6 Å². The van der Waals surface area contributed by atoms with Crippen LogP contribution in [0.5, 0.6) is 0 Å². The number of hydrogen-bond donors (Lipinski definition) is 3. The third-order valence-electron chi connectivity index (χ3n) is 3.00. The maximum atomic E-state index is 13.3. The number of halogens is 2. The van der Waals surface area contributed by atoms with E-state index in [0.717, 1.165) is 15.6 Å². The van der Waals surface area contributed by atoms with Crippen LogP contribution in [0.1, 0.15) is 17.2 Å². The second kappa shape index (κ2) is 6.14. The number of para-hydroxylation sites is 1. The van der Waals surface area contributed by atoms with Crippen LogP contribution in [0.4, 0.5) is 10.1 Å². The van der Waals surface area contributed by atoms with Gasteiger partial charge in [0.25, 0.3) is 0 Å². The highest BCUT2D eigenvalue weighted by atomic mass is 79.9. The molecule has 2 rings (SSSR count). The van der Waals surface area contributed by atoms with Crippen molar-refractivity contribution in [3.8, 4) is 0 Å². The summed E-state index contributed by atoms with van der Waals surface area (Å²) in [6, 6.07) is 11.9. The molecule has 0 bridgehead atoms. The molecule has 0 saturated carbocycles. The lowest BCUT2D eigenvalue weighted by Gasteiger charge is -2.19. The summed E-state index contributed by atoms with van der Waals surface area (Å²) in [6.07, 6.45) is 0.545. The Morgan fingerprint density at radius 3 is 2.63 bits per heavy atom. The van der Waals surface area contributed by atoms with Crippen LogP contribution in [0, 0.1) is 5.82 Å². The van der Waals surface area contributed by atoms with E-state index >= 15 is 0 Å². The Hall–Kier alpha value is -1.43. The van der Waals surface area contributed by atoms with E-state index in [4.69, 9.17) is 11.6 Å². The molecule has 0 aromatic heterocycles. The molecular formula is C14H15BrFN3. The Bertz CT molecular complexity index is 574. The minimum Gasteiger partial charge on any atom is -0.398 e. The van der Waals surface area contributed by atoms with Gasteiger partial charge in [-0.25, -0.2) is 4.39 Å². The molecule has 0 amide bonds. The first-order valence-electron chi connectivity index (χ1n) is 5.86. The van der Waals surface area contributed by atoms with Gasteiger partial charge in [0, 0.05) is 10.2 Å². The largest absolute Gasteiger partial charge is 0.398 e. The van der Waals surface area contributed by atoms with Crippen molar-refractivity contribution in [1.82, 2.24) is 5.43 Å². The number of nitrogens with two attached hydrogens (primary N) is 2. The number of hydrazine groups is 1. The molecule has 2 aromatic rings. The van der Waals surface area contributed by atoms with Crippen LogP contribution < -0.4 is 17.0 Å². The minimum atomic E-state index is -0.269. The number of anilines is 1. The molecule has 1 unspecified atom stereocenters. The van der Waals surface area contributed by atoms with Crippen molar-refractivity contribution < 1.29 is 4.39 Å². The topological polar surface area (TPSA) is 64.1 Å². The predicted molar refractivity (Wildman–Crippen MR) is 78.7 cm³/mol. The average Bonchev–Trinajstić information content (AvgIpc) is 2.41. The summed E-state index contributed by atoms with van der Waals surface area (Å²) in [6.45, 7) is 0. The van der Waals surface area contributed by atoms with E-state index in [2.05, 4.69) is 21.4 Å².